The number of aromatic nitrogens is 4. The molecule has 0 saturated heterocycles. The maximum Gasteiger partial charge on any atom is 0.213 e. The molecule has 4 aromatic rings. The third-order valence-electron chi connectivity index (χ3n) is 3.76. The van der Waals surface area contributed by atoms with Crippen molar-refractivity contribution in [3.05, 3.63) is 60.0 Å². The number of aliphatic hydroxyl groups is 1. The van der Waals surface area contributed by atoms with Crippen LogP contribution in [0.5, 0.6) is 0 Å². The smallest absolute Gasteiger partial charge is 0.213 e. The minimum Gasteiger partial charge on any atom is -0.390 e. The SMILES string of the molecule is Cc1ccccc1-c1nn2c(CO)c(-c3cccnc3)nc2s1. The summed E-state index contributed by atoms with van der Waals surface area (Å²) in [5, 5.41) is 15.3. The number of aryl methyl sites for hydroxylation is 1. The number of fused-ring (bicyclic) bond motifs is 1. The average molecular weight is 322 g/mol. The standard InChI is InChI=1S/C17H14N4OS/c1-11-5-2-3-7-13(11)16-20-21-14(10-22)15(19-17(21)23-16)12-6-4-8-18-9-12/h2-9,22H,10H2,1H3. The molecular weight excluding hydrogens is 308 g/mol. The minimum atomic E-state index is -0.123. The lowest BCUT2D eigenvalue weighted by Crippen LogP contribution is -1.96. The molecule has 0 atom stereocenters. The molecule has 0 unspecified atom stereocenters. The first kappa shape index (κ1) is 14.0. The van der Waals surface area contributed by atoms with Crippen LogP contribution in [0.25, 0.3) is 26.8 Å². The molecule has 1 N–H and O–H groups in total. The largest absolute Gasteiger partial charge is 0.390 e. The van der Waals surface area contributed by atoms with E-state index in [1.807, 2.05) is 30.3 Å². The van der Waals surface area contributed by atoms with Crippen LogP contribution in [0, 0.1) is 6.92 Å². The summed E-state index contributed by atoms with van der Waals surface area (Å²) >= 11 is 1.52. The summed E-state index contributed by atoms with van der Waals surface area (Å²) < 4.78 is 1.73. The lowest BCUT2D eigenvalue weighted by molar-refractivity contribution is 0.275. The summed E-state index contributed by atoms with van der Waals surface area (Å²) in [6.45, 7) is 1.94. The molecule has 6 heteroatoms. The highest BCUT2D eigenvalue weighted by Gasteiger charge is 2.18. The molecule has 0 aliphatic rings. The van der Waals surface area contributed by atoms with Gasteiger partial charge in [-0.3, -0.25) is 4.98 Å². The van der Waals surface area contributed by atoms with E-state index >= 15 is 0 Å². The highest BCUT2D eigenvalue weighted by Crippen LogP contribution is 2.32. The van der Waals surface area contributed by atoms with Crippen molar-refractivity contribution in [1.82, 2.24) is 19.6 Å². The van der Waals surface area contributed by atoms with E-state index in [1.165, 1.54) is 16.9 Å². The molecule has 114 valence electrons. The first-order valence-corrected chi connectivity index (χ1v) is 8.05. The molecule has 0 radical (unpaired) electrons. The molecule has 3 aromatic heterocycles. The number of rotatable bonds is 3. The zero-order chi connectivity index (χ0) is 15.8. The Balaban J connectivity index is 1.89. The van der Waals surface area contributed by atoms with E-state index in [0.29, 0.717) is 5.69 Å². The van der Waals surface area contributed by atoms with Crippen molar-refractivity contribution in [1.29, 1.82) is 0 Å². The molecule has 0 fully saturated rings. The molecule has 5 nitrogen and oxygen atoms in total. The van der Waals surface area contributed by atoms with E-state index in [4.69, 9.17) is 0 Å². The molecule has 0 aliphatic heterocycles. The zero-order valence-corrected chi connectivity index (χ0v) is 13.3. The molecule has 0 amide bonds. The van der Waals surface area contributed by atoms with Gasteiger partial charge >= 0.3 is 0 Å². The molecule has 1 aromatic carbocycles. The van der Waals surface area contributed by atoms with Crippen LogP contribution in [-0.2, 0) is 6.61 Å². The van der Waals surface area contributed by atoms with Crippen LogP contribution in [0.2, 0.25) is 0 Å². The van der Waals surface area contributed by atoms with Crippen molar-refractivity contribution in [3.63, 3.8) is 0 Å². The first-order valence-electron chi connectivity index (χ1n) is 7.23. The van der Waals surface area contributed by atoms with Gasteiger partial charge in [-0.2, -0.15) is 5.10 Å². The first-order chi connectivity index (χ1) is 11.3. The summed E-state index contributed by atoms with van der Waals surface area (Å²) in [4.78, 5) is 9.54. The Morgan fingerprint density at radius 3 is 2.78 bits per heavy atom. The third kappa shape index (κ3) is 2.32. The van der Waals surface area contributed by atoms with E-state index in [1.54, 1.807) is 16.9 Å². The average Bonchev–Trinajstić information content (AvgIpc) is 3.13. The number of nitrogens with zero attached hydrogens (tertiary/aromatic N) is 4. The quantitative estimate of drug-likeness (QED) is 0.628. The fourth-order valence-electron chi connectivity index (χ4n) is 2.59. The number of aliphatic hydroxyl groups excluding tert-OH is 1. The zero-order valence-electron chi connectivity index (χ0n) is 12.5. The van der Waals surface area contributed by atoms with Gasteiger partial charge in [0, 0.05) is 23.5 Å². The van der Waals surface area contributed by atoms with Crippen LogP contribution in [0.3, 0.4) is 0 Å². The second-order valence-electron chi connectivity index (χ2n) is 5.22. The van der Waals surface area contributed by atoms with Crippen LogP contribution in [0.15, 0.2) is 48.8 Å². The van der Waals surface area contributed by atoms with Crippen molar-refractivity contribution in [2.45, 2.75) is 13.5 Å². The van der Waals surface area contributed by atoms with Gasteiger partial charge in [-0.25, -0.2) is 9.50 Å². The molecule has 23 heavy (non-hydrogen) atoms. The molecule has 0 aliphatic carbocycles. The Morgan fingerprint density at radius 1 is 1.17 bits per heavy atom. The van der Waals surface area contributed by atoms with Gasteiger partial charge in [0.1, 0.15) is 5.01 Å². The van der Waals surface area contributed by atoms with E-state index in [-0.39, 0.29) is 6.61 Å². The molecule has 0 spiro atoms. The summed E-state index contributed by atoms with van der Waals surface area (Å²) in [5.74, 6) is 0. The van der Waals surface area contributed by atoms with E-state index < -0.39 is 0 Å². The van der Waals surface area contributed by atoms with Gasteiger partial charge in [-0.05, 0) is 24.6 Å². The van der Waals surface area contributed by atoms with E-state index in [0.717, 1.165) is 26.8 Å². The summed E-state index contributed by atoms with van der Waals surface area (Å²) in [7, 11) is 0. The lowest BCUT2D eigenvalue weighted by atomic mass is 10.1. The molecule has 0 saturated carbocycles. The van der Waals surface area contributed by atoms with Crippen LogP contribution in [0.1, 0.15) is 11.3 Å². The summed E-state index contributed by atoms with van der Waals surface area (Å²) in [5.41, 5.74) is 4.56. The van der Waals surface area contributed by atoms with Gasteiger partial charge in [-0.15, -0.1) is 0 Å². The molecule has 0 bridgehead atoms. The Bertz CT molecular complexity index is 975. The van der Waals surface area contributed by atoms with Crippen molar-refractivity contribution in [2.24, 2.45) is 0 Å². The number of hydrogen-bond donors (Lipinski definition) is 1. The second kappa shape index (κ2) is 5.57. The van der Waals surface area contributed by atoms with Crippen LogP contribution in [-0.4, -0.2) is 24.7 Å². The van der Waals surface area contributed by atoms with Crippen molar-refractivity contribution in [2.75, 3.05) is 0 Å². The predicted octanol–water partition coefficient (Wildman–Crippen LogP) is 3.32. The fraction of sp³-hybridized carbons (Fsp3) is 0.118. The van der Waals surface area contributed by atoms with Crippen LogP contribution in [0.4, 0.5) is 0 Å². The van der Waals surface area contributed by atoms with Gasteiger partial charge in [0.2, 0.25) is 4.96 Å². The highest BCUT2D eigenvalue weighted by molar-refractivity contribution is 7.19. The third-order valence-corrected chi connectivity index (χ3v) is 4.70. The maximum atomic E-state index is 9.78. The number of hydrogen-bond acceptors (Lipinski definition) is 5. The van der Waals surface area contributed by atoms with Crippen LogP contribution < -0.4 is 0 Å². The van der Waals surface area contributed by atoms with Crippen molar-refractivity contribution >= 4 is 16.3 Å². The topological polar surface area (TPSA) is 63.3 Å². The van der Waals surface area contributed by atoms with Gasteiger partial charge in [0.25, 0.3) is 0 Å². The Morgan fingerprint density at radius 2 is 2.04 bits per heavy atom. The Kier molecular flexibility index (Phi) is 3.40. The molecule has 4 rings (SSSR count). The van der Waals surface area contributed by atoms with Gasteiger partial charge < -0.3 is 5.11 Å². The monoisotopic (exact) mass is 322 g/mol. The maximum absolute atomic E-state index is 9.78. The summed E-state index contributed by atoms with van der Waals surface area (Å²) in [6, 6.07) is 11.9. The number of benzene rings is 1. The Hall–Kier alpha value is -2.57. The molecular formula is C17H14N4OS. The van der Waals surface area contributed by atoms with Crippen molar-refractivity contribution in [3.8, 4) is 21.8 Å². The number of pyridine rings is 1. The molecule has 3 heterocycles. The number of imidazole rings is 1. The second-order valence-corrected chi connectivity index (χ2v) is 6.18. The minimum absolute atomic E-state index is 0.123. The van der Waals surface area contributed by atoms with Gasteiger partial charge in [-0.1, -0.05) is 35.6 Å². The van der Waals surface area contributed by atoms with E-state index in [9.17, 15) is 5.11 Å². The predicted molar refractivity (Wildman–Crippen MR) is 90.2 cm³/mol. The van der Waals surface area contributed by atoms with Gasteiger partial charge in [0.15, 0.2) is 0 Å². The normalized spacial score (nSPS) is 11.2. The van der Waals surface area contributed by atoms with Gasteiger partial charge in [0.05, 0.1) is 18.0 Å². The fourth-order valence-corrected chi connectivity index (χ4v) is 3.60. The lowest BCUT2D eigenvalue weighted by Gasteiger charge is -2.01. The van der Waals surface area contributed by atoms with Crippen molar-refractivity contribution < 1.29 is 5.11 Å². The summed E-state index contributed by atoms with van der Waals surface area (Å²) in [6.07, 6.45) is 3.46. The highest BCUT2D eigenvalue weighted by atomic mass is 32.1. The van der Waals surface area contributed by atoms with Crippen LogP contribution >= 0.6 is 11.3 Å². The Labute approximate surface area is 136 Å². The van der Waals surface area contributed by atoms with E-state index in [2.05, 4.69) is 28.1 Å².